The van der Waals surface area contributed by atoms with Gasteiger partial charge >= 0.3 is 0 Å². The molecule has 0 aliphatic heterocycles. The number of anilines is 1. The molecule has 102 valence electrons. The van der Waals surface area contributed by atoms with E-state index in [0.29, 0.717) is 12.0 Å². The molecule has 0 aliphatic rings. The SMILES string of the molecule is CCNC(CN(C)c1ccccc1OC)C(C)C. The van der Waals surface area contributed by atoms with Gasteiger partial charge in [0.1, 0.15) is 5.75 Å². The van der Waals surface area contributed by atoms with Gasteiger partial charge < -0.3 is 15.0 Å². The van der Waals surface area contributed by atoms with Gasteiger partial charge in [-0.15, -0.1) is 0 Å². The Morgan fingerprint density at radius 3 is 2.50 bits per heavy atom. The molecule has 1 aromatic carbocycles. The molecule has 0 spiro atoms. The molecule has 1 unspecified atom stereocenters. The Hall–Kier alpha value is -1.22. The highest BCUT2D eigenvalue weighted by Crippen LogP contribution is 2.26. The van der Waals surface area contributed by atoms with Crippen LogP contribution in [0.2, 0.25) is 0 Å². The van der Waals surface area contributed by atoms with Crippen LogP contribution in [0.1, 0.15) is 20.8 Å². The minimum atomic E-state index is 0.491. The number of hydrogen-bond acceptors (Lipinski definition) is 3. The summed E-state index contributed by atoms with van der Waals surface area (Å²) in [6.45, 7) is 8.64. The molecule has 1 N–H and O–H groups in total. The van der Waals surface area contributed by atoms with Gasteiger partial charge in [0.15, 0.2) is 0 Å². The second-order valence-electron chi connectivity index (χ2n) is 4.96. The van der Waals surface area contributed by atoms with Crippen LogP contribution >= 0.6 is 0 Å². The van der Waals surface area contributed by atoms with Crippen LogP contribution < -0.4 is 15.0 Å². The molecule has 3 heteroatoms. The van der Waals surface area contributed by atoms with Crippen LogP contribution in [0.25, 0.3) is 0 Å². The summed E-state index contributed by atoms with van der Waals surface area (Å²) in [6, 6.07) is 8.64. The number of hydrogen-bond donors (Lipinski definition) is 1. The molecule has 1 rings (SSSR count). The average molecular weight is 250 g/mol. The number of para-hydroxylation sites is 2. The van der Waals surface area contributed by atoms with Crippen molar-refractivity contribution in [1.29, 1.82) is 0 Å². The number of likely N-dealkylation sites (N-methyl/N-ethyl adjacent to an activating group) is 2. The molecule has 0 radical (unpaired) electrons. The van der Waals surface area contributed by atoms with Crippen LogP contribution in [0.4, 0.5) is 5.69 Å². The van der Waals surface area contributed by atoms with E-state index in [4.69, 9.17) is 4.74 Å². The first kappa shape index (κ1) is 14.8. The van der Waals surface area contributed by atoms with Gasteiger partial charge in [0.2, 0.25) is 0 Å². The van der Waals surface area contributed by atoms with Crippen molar-refractivity contribution in [3.05, 3.63) is 24.3 Å². The van der Waals surface area contributed by atoms with Crippen LogP contribution in [-0.4, -0.2) is 33.3 Å². The first-order valence-electron chi connectivity index (χ1n) is 6.67. The maximum atomic E-state index is 5.41. The summed E-state index contributed by atoms with van der Waals surface area (Å²) in [6.07, 6.45) is 0. The fourth-order valence-corrected chi connectivity index (χ4v) is 2.11. The second kappa shape index (κ2) is 7.27. The molecule has 18 heavy (non-hydrogen) atoms. The molecular weight excluding hydrogens is 224 g/mol. The Morgan fingerprint density at radius 2 is 1.94 bits per heavy atom. The molecule has 0 saturated heterocycles. The number of ether oxygens (including phenoxy) is 1. The summed E-state index contributed by atoms with van der Waals surface area (Å²) in [7, 11) is 3.83. The Kier molecular flexibility index (Phi) is 5.99. The number of rotatable bonds is 7. The van der Waals surface area contributed by atoms with E-state index in [-0.39, 0.29) is 0 Å². The molecule has 1 aromatic rings. The van der Waals surface area contributed by atoms with Crippen molar-refractivity contribution in [3.63, 3.8) is 0 Å². The van der Waals surface area contributed by atoms with E-state index in [9.17, 15) is 0 Å². The van der Waals surface area contributed by atoms with E-state index in [2.05, 4.69) is 44.1 Å². The molecule has 0 heterocycles. The van der Waals surface area contributed by atoms with Crippen LogP contribution in [-0.2, 0) is 0 Å². The third-order valence-electron chi connectivity index (χ3n) is 3.24. The lowest BCUT2D eigenvalue weighted by Gasteiger charge is -2.29. The first-order chi connectivity index (χ1) is 8.60. The third-order valence-corrected chi connectivity index (χ3v) is 3.24. The topological polar surface area (TPSA) is 24.5 Å². The van der Waals surface area contributed by atoms with E-state index in [0.717, 1.165) is 24.5 Å². The lowest BCUT2D eigenvalue weighted by atomic mass is 10.0. The highest BCUT2D eigenvalue weighted by molar-refractivity contribution is 5.57. The van der Waals surface area contributed by atoms with Crippen LogP contribution in [0, 0.1) is 5.92 Å². The lowest BCUT2D eigenvalue weighted by molar-refractivity contribution is 0.400. The van der Waals surface area contributed by atoms with Crippen LogP contribution in [0.3, 0.4) is 0 Å². The van der Waals surface area contributed by atoms with Crippen LogP contribution in [0.5, 0.6) is 5.75 Å². The van der Waals surface area contributed by atoms with E-state index in [1.165, 1.54) is 0 Å². The molecule has 1 atom stereocenters. The van der Waals surface area contributed by atoms with Crippen molar-refractivity contribution in [2.75, 3.05) is 32.1 Å². The van der Waals surface area contributed by atoms with Crippen LogP contribution in [0.15, 0.2) is 24.3 Å². The number of nitrogens with zero attached hydrogens (tertiary/aromatic N) is 1. The van der Waals surface area contributed by atoms with Gasteiger partial charge in [-0.3, -0.25) is 0 Å². The summed E-state index contributed by atoms with van der Waals surface area (Å²) in [5.41, 5.74) is 1.14. The standard InChI is InChI=1S/C15H26N2O/c1-6-16-13(12(2)3)11-17(4)14-9-7-8-10-15(14)18-5/h7-10,12-13,16H,6,11H2,1-5H3. The molecule has 0 saturated carbocycles. The lowest BCUT2D eigenvalue weighted by Crippen LogP contribution is -2.43. The van der Waals surface area contributed by atoms with Gasteiger partial charge in [0, 0.05) is 19.6 Å². The fraction of sp³-hybridized carbons (Fsp3) is 0.600. The van der Waals surface area contributed by atoms with Crippen molar-refractivity contribution < 1.29 is 4.74 Å². The predicted octanol–water partition coefficient (Wildman–Crippen LogP) is 2.77. The number of benzene rings is 1. The minimum absolute atomic E-state index is 0.491. The molecule has 0 aromatic heterocycles. The van der Waals surface area contributed by atoms with Crippen molar-refractivity contribution >= 4 is 5.69 Å². The monoisotopic (exact) mass is 250 g/mol. The van der Waals surface area contributed by atoms with Gasteiger partial charge in [-0.2, -0.15) is 0 Å². The van der Waals surface area contributed by atoms with E-state index >= 15 is 0 Å². The predicted molar refractivity (Wildman–Crippen MR) is 78.6 cm³/mol. The summed E-state index contributed by atoms with van der Waals surface area (Å²) >= 11 is 0. The van der Waals surface area contributed by atoms with Gasteiger partial charge in [-0.25, -0.2) is 0 Å². The first-order valence-corrected chi connectivity index (χ1v) is 6.67. The Labute approximate surface area is 111 Å². The zero-order valence-electron chi connectivity index (χ0n) is 12.2. The van der Waals surface area contributed by atoms with Crippen molar-refractivity contribution in [3.8, 4) is 5.75 Å². The zero-order chi connectivity index (χ0) is 13.5. The molecule has 0 amide bonds. The van der Waals surface area contributed by atoms with Gasteiger partial charge in [0.25, 0.3) is 0 Å². The van der Waals surface area contributed by atoms with Gasteiger partial charge in [-0.1, -0.05) is 32.9 Å². The Balaban J connectivity index is 2.76. The molecule has 0 bridgehead atoms. The molecule has 0 aliphatic carbocycles. The number of nitrogens with one attached hydrogen (secondary N) is 1. The second-order valence-corrected chi connectivity index (χ2v) is 4.96. The van der Waals surface area contributed by atoms with Gasteiger partial charge in [0.05, 0.1) is 12.8 Å². The summed E-state index contributed by atoms with van der Waals surface area (Å²) in [5.74, 6) is 1.54. The van der Waals surface area contributed by atoms with E-state index in [1.807, 2.05) is 18.2 Å². The minimum Gasteiger partial charge on any atom is -0.495 e. The Bertz CT molecular complexity index is 352. The molecule has 3 nitrogen and oxygen atoms in total. The normalized spacial score (nSPS) is 12.6. The highest BCUT2D eigenvalue weighted by atomic mass is 16.5. The van der Waals surface area contributed by atoms with E-state index < -0.39 is 0 Å². The average Bonchev–Trinajstić information content (AvgIpc) is 2.37. The quantitative estimate of drug-likeness (QED) is 0.805. The third kappa shape index (κ3) is 3.91. The maximum absolute atomic E-state index is 5.41. The zero-order valence-corrected chi connectivity index (χ0v) is 12.2. The summed E-state index contributed by atoms with van der Waals surface area (Å²) < 4.78 is 5.41. The molecule has 0 fully saturated rings. The summed E-state index contributed by atoms with van der Waals surface area (Å²) in [5, 5.41) is 3.54. The van der Waals surface area contributed by atoms with Crippen molar-refractivity contribution in [2.45, 2.75) is 26.8 Å². The Morgan fingerprint density at radius 1 is 1.28 bits per heavy atom. The number of methoxy groups -OCH3 is 1. The van der Waals surface area contributed by atoms with Gasteiger partial charge in [-0.05, 0) is 24.6 Å². The van der Waals surface area contributed by atoms with E-state index in [1.54, 1.807) is 7.11 Å². The molecular formula is C15H26N2O. The fourth-order valence-electron chi connectivity index (χ4n) is 2.11. The highest BCUT2D eigenvalue weighted by Gasteiger charge is 2.16. The maximum Gasteiger partial charge on any atom is 0.142 e. The largest absolute Gasteiger partial charge is 0.495 e. The summed E-state index contributed by atoms with van der Waals surface area (Å²) in [4.78, 5) is 2.26. The smallest absolute Gasteiger partial charge is 0.142 e. The van der Waals surface area contributed by atoms with Crippen molar-refractivity contribution in [2.24, 2.45) is 5.92 Å². The van der Waals surface area contributed by atoms with Crippen molar-refractivity contribution in [1.82, 2.24) is 5.32 Å².